The first kappa shape index (κ1) is 13.8. The summed E-state index contributed by atoms with van der Waals surface area (Å²) in [5.74, 6) is -2.47. The van der Waals surface area contributed by atoms with Gasteiger partial charge in [-0.3, -0.25) is 4.79 Å². The van der Waals surface area contributed by atoms with E-state index in [1.165, 1.54) is 25.3 Å². The maximum absolute atomic E-state index is 13.5. The number of carbonyl (C=O) groups is 1. The fraction of sp³-hybridized carbons (Fsp3) is 0.0714. The van der Waals surface area contributed by atoms with Crippen LogP contribution in [-0.2, 0) is 0 Å². The SMILES string of the molecule is COc1cccc(O)c1C(=O)Nc1cc(F)ccc1F. The molecule has 0 aromatic heterocycles. The minimum Gasteiger partial charge on any atom is -0.507 e. The highest BCUT2D eigenvalue weighted by molar-refractivity contribution is 6.08. The van der Waals surface area contributed by atoms with Crippen LogP contribution in [0.3, 0.4) is 0 Å². The highest BCUT2D eigenvalue weighted by Crippen LogP contribution is 2.28. The Balaban J connectivity index is 2.36. The van der Waals surface area contributed by atoms with Gasteiger partial charge in [0, 0.05) is 6.07 Å². The van der Waals surface area contributed by atoms with Gasteiger partial charge in [-0.15, -0.1) is 0 Å². The van der Waals surface area contributed by atoms with Crippen LogP contribution in [0.5, 0.6) is 11.5 Å². The summed E-state index contributed by atoms with van der Waals surface area (Å²) in [7, 11) is 1.33. The lowest BCUT2D eigenvalue weighted by molar-refractivity contribution is 0.102. The zero-order valence-corrected chi connectivity index (χ0v) is 10.5. The van der Waals surface area contributed by atoms with Gasteiger partial charge in [-0.1, -0.05) is 6.07 Å². The van der Waals surface area contributed by atoms with E-state index in [1.54, 1.807) is 0 Å². The number of amides is 1. The van der Waals surface area contributed by atoms with Crippen LogP contribution in [0.4, 0.5) is 14.5 Å². The van der Waals surface area contributed by atoms with Crippen LogP contribution in [0.1, 0.15) is 10.4 Å². The molecule has 2 rings (SSSR count). The summed E-state index contributed by atoms with van der Waals surface area (Å²) < 4.78 is 31.4. The van der Waals surface area contributed by atoms with Crippen molar-refractivity contribution < 1.29 is 23.4 Å². The molecule has 2 N–H and O–H groups in total. The Bertz CT molecular complexity index is 659. The number of nitrogens with one attached hydrogen (secondary N) is 1. The van der Waals surface area contributed by atoms with Gasteiger partial charge in [-0.05, 0) is 24.3 Å². The number of hydrogen-bond donors (Lipinski definition) is 2. The Morgan fingerprint density at radius 1 is 1.25 bits per heavy atom. The molecule has 1 amide bonds. The molecule has 0 radical (unpaired) electrons. The molecule has 0 aliphatic heterocycles. The van der Waals surface area contributed by atoms with Crippen molar-refractivity contribution >= 4 is 11.6 Å². The van der Waals surface area contributed by atoms with Gasteiger partial charge in [-0.25, -0.2) is 8.78 Å². The normalized spacial score (nSPS) is 10.2. The van der Waals surface area contributed by atoms with Gasteiger partial charge in [0.05, 0.1) is 12.8 Å². The Labute approximate surface area is 113 Å². The van der Waals surface area contributed by atoms with Crippen LogP contribution in [0.25, 0.3) is 0 Å². The third kappa shape index (κ3) is 2.69. The summed E-state index contributed by atoms with van der Waals surface area (Å²) in [6.45, 7) is 0. The first-order chi connectivity index (χ1) is 9.52. The second kappa shape index (κ2) is 5.56. The maximum Gasteiger partial charge on any atom is 0.263 e. The number of phenols is 1. The highest BCUT2D eigenvalue weighted by Gasteiger charge is 2.18. The van der Waals surface area contributed by atoms with E-state index in [1.807, 2.05) is 0 Å². The molecule has 0 spiro atoms. The second-order valence-corrected chi connectivity index (χ2v) is 3.93. The minimum atomic E-state index is -0.801. The summed E-state index contributed by atoms with van der Waals surface area (Å²) in [5.41, 5.74) is -0.473. The van der Waals surface area contributed by atoms with Crippen molar-refractivity contribution in [1.82, 2.24) is 0 Å². The molecule has 0 saturated heterocycles. The number of rotatable bonds is 3. The van der Waals surface area contributed by atoms with Crippen molar-refractivity contribution in [3.05, 3.63) is 53.6 Å². The Hall–Kier alpha value is -2.63. The Morgan fingerprint density at radius 2 is 2.00 bits per heavy atom. The smallest absolute Gasteiger partial charge is 0.263 e. The van der Waals surface area contributed by atoms with Crippen molar-refractivity contribution in [2.75, 3.05) is 12.4 Å². The van der Waals surface area contributed by atoms with Crippen molar-refractivity contribution in [1.29, 1.82) is 0 Å². The Morgan fingerprint density at radius 3 is 2.70 bits per heavy atom. The third-order valence-electron chi connectivity index (χ3n) is 2.63. The first-order valence-corrected chi connectivity index (χ1v) is 5.65. The summed E-state index contributed by atoms with van der Waals surface area (Å²) in [6, 6.07) is 6.93. The number of ether oxygens (including phenoxy) is 1. The van der Waals surface area contributed by atoms with Crippen molar-refractivity contribution in [2.45, 2.75) is 0 Å². The lowest BCUT2D eigenvalue weighted by atomic mass is 10.1. The molecule has 6 heteroatoms. The van der Waals surface area contributed by atoms with Crippen molar-refractivity contribution in [3.63, 3.8) is 0 Å². The predicted molar refractivity (Wildman–Crippen MR) is 69.0 cm³/mol. The number of aromatic hydroxyl groups is 1. The van der Waals surface area contributed by atoms with Crippen molar-refractivity contribution in [3.8, 4) is 11.5 Å². The third-order valence-corrected chi connectivity index (χ3v) is 2.63. The summed E-state index contributed by atoms with van der Waals surface area (Å²) in [4.78, 5) is 12.0. The summed E-state index contributed by atoms with van der Waals surface area (Å²) in [6.07, 6.45) is 0. The van der Waals surface area contributed by atoms with E-state index in [0.717, 1.165) is 18.2 Å². The van der Waals surface area contributed by atoms with Gasteiger partial charge in [0.1, 0.15) is 28.7 Å². The monoisotopic (exact) mass is 279 g/mol. The molecule has 0 bridgehead atoms. The standard InChI is InChI=1S/C14H11F2NO3/c1-20-12-4-2-3-11(18)13(12)14(19)17-10-7-8(15)5-6-9(10)16/h2-7,18H,1H3,(H,17,19). The van der Waals surface area contributed by atoms with E-state index in [0.29, 0.717) is 0 Å². The molecule has 20 heavy (non-hydrogen) atoms. The second-order valence-electron chi connectivity index (χ2n) is 3.93. The van der Waals surface area contributed by atoms with Gasteiger partial charge in [-0.2, -0.15) is 0 Å². The van der Waals surface area contributed by atoms with Crippen LogP contribution < -0.4 is 10.1 Å². The number of anilines is 1. The molecule has 0 unspecified atom stereocenters. The van der Waals surface area contributed by atoms with Gasteiger partial charge >= 0.3 is 0 Å². The van der Waals surface area contributed by atoms with E-state index >= 15 is 0 Å². The number of benzene rings is 2. The molecule has 2 aromatic rings. The summed E-state index contributed by atoms with van der Waals surface area (Å²) >= 11 is 0. The van der Waals surface area contributed by atoms with E-state index in [2.05, 4.69) is 5.32 Å². The van der Waals surface area contributed by atoms with Gasteiger partial charge in [0.2, 0.25) is 0 Å². The molecule has 4 nitrogen and oxygen atoms in total. The Kier molecular flexibility index (Phi) is 3.84. The number of phenolic OH excluding ortho intramolecular Hbond substituents is 1. The van der Waals surface area contributed by atoms with Crippen LogP contribution in [-0.4, -0.2) is 18.1 Å². The molecule has 2 aromatic carbocycles. The topological polar surface area (TPSA) is 58.6 Å². The molecule has 0 heterocycles. The highest BCUT2D eigenvalue weighted by atomic mass is 19.1. The number of hydrogen-bond acceptors (Lipinski definition) is 3. The molecule has 0 aliphatic rings. The van der Waals surface area contributed by atoms with E-state index in [-0.39, 0.29) is 22.7 Å². The van der Waals surface area contributed by atoms with Gasteiger partial charge < -0.3 is 15.2 Å². The van der Waals surface area contributed by atoms with E-state index in [4.69, 9.17) is 4.74 Å². The number of methoxy groups -OCH3 is 1. The quantitative estimate of drug-likeness (QED) is 0.908. The lowest BCUT2D eigenvalue weighted by Crippen LogP contribution is -2.14. The fourth-order valence-corrected chi connectivity index (χ4v) is 1.70. The van der Waals surface area contributed by atoms with Crippen LogP contribution >= 0.6 is 0 Å². The molecule has 0 saturated carbocycles. The average Bonchev–Trinajstić information content (AvgIpc) is 2.42. The first-order valence-electron chi connectivity index (χ1n) is 5.65. The number of halogens is 2. The minimum absolute atomic E-state index is 0.124. The van der Waals surface area contributed by atoms with Crippen LogP contribution in [0, 0.1) is 11.6 Å². The molecule has 0 fully saturated rings. The molecular formula is C14H11F2NO3. The molecule has 0 atom stereocenters. The maximum atomic E-state index is 13.5. The molecule has 104 valence electrons. The zero-order chi connectivity index (χ0) is 14.7. The van der Waals surface area contributed by atoms with Gasteiger partial charge in [0.25, 0.3) is 5.91 Å². The van der Waals surface area contributed by atoms with Crippen molar-refractivity contribution in [2.24, 2.45) is 0 Å². The average molecular weight is 279 g/mol. The predicted octanol–water partition coefficient (Wildman–Crippen LogP) is 2.93. The fourth-order valence-electron chi connectivity index (χ4n) is 1.70. The van der Waals surface area contributed by atoms with Crippen LogP contribution in [0.15, 0.2) is 36.4 Å². The molecule has 0 aliphatic carbocycles. The largest absolute Gasteiger partial charge is 0.507 e. The van der Waals surface area contributed by atoms with E-state index < -0.39 is 17.5 Å². The molecular weight excluding hydrogens is 268 g/mol. The lowest BCUT2D eigenvalue weighted by Gasteiger charge is -2.11. The number of carbonyl (C=O) groups excluding carboxylic acids is 1. The van der Waals surface area contributed by atoms with E-state index in [9.17, 15) is 18.7 Å². The zero-order valence-electron chi connectivity index (χ0n) is 10.5. The van der Waals surface area contributed by atoms with Crippen LogP contribution in [0.2, 0.25) is 0 Å². The summed E-state index contributed by atoms with van der Waals surface area (Å²) in [5, 5.41) is 11.9. The van der Waals surface area contributed by atoms with Gasteiger partial charge in [0.15, 0.2) is 0 Å².